The van der Waals surface area contributed by atoms with Gasteiger partial charge in [0.1, 0.15) is 5.75 Å². The third kappa shape index (κ3) is 5.45. The average molecular weight is 410 g/mol. The Labute approximate surface area is 174 Å². The minimum Gasteiger partial charge on any atom is -0.497 e. The molecule has 3 rings (SSSR count). The fraction of sp³-hybridized carbons (Fsp3) is 0.238. The Balaban J connectivity index is 1.60. The Bertz CT molecular complexity index is 999. The topological polar surface area (TPSA) is 81.4 Å². The lowest BCUT2D eigenvalue weighted by molar-refractivity contribution is -0.118. The van der Waals surface area contributed by atoms with Crippen LogP contribution in [0, 0.1) is 6.92 Å². The normalized spacial score (nSPS) is 11.0. The Morgan fingerprint density at radius 1 is 1.24 bits per heavy atom. The first kappa shape index (κ1) is 20.6. The molecule has 3 aromatic rings. The molecule has 0 saturated carbocycles. The van der Waals surface area contributed by atoms with Crippen molar-refractivity contribution in [2.24, 2.45) is 5.10 Å². The van der Waals surface area contributed by atoms with Crippen molar-refractivity contribution in [1.29, 1.82) is 0 Å². The number of hydrazone groups is 1. The van der Waals surface area contributed by atoms with Crippen molar-refractivity contribution in [3.8, 4) is 17.1 Å². The highest BCUT2D eigenvalue weighted by molar-refractivity contribution is 7.99. The summed E-state index contributed by atoms with van der Waals surface area (Å²) in [5.74, 6) is 1.55. The molecule has 0 unspecified atom stereocenters. The van der Waals surface area contributed by atoms with Crippen LogP contribution in [-0.2, 0) is 11.3 Å². The molecular weight excluding hydrogens is 386 g/mol. The predicted molar refractivity (Wildman–Crippen MR) is 115 cm³/mol. The van der Waals surface area contributed by atoms with Gasteiger partial charge in [0.05, 0.1) is 19.1 Å². The second kappa shape index (κ2) is 9.88. The van der Waals surface area contributed by atoms with Crippen molar-refractivity contribution in [2.45, 2.75) is 25.5 Å². The Morgan fingerprint density at radius 2 is 2.03 bits per heavy atom. The number of methoxy groups -OCH3 is 1. The van der Waals surface area contributed by atoms with Gasteiger partial charge in [-0.25, -0.2) is 5.43 Å². The van der Waals surface area contributed by atoms with E-state index in [1.807, 2.05) is 66.9 Å². The average Bonchev–Trinajstić information content (AvgIpc) is 3.15. The fourth-order valence-electron chi connectivity index (χ4n) is 2.73. The van der Waals surface area contributed by atoms with Gasteiger partial charge < -0.3 is 9.30 Å². The molecule has 1 amide bonds. The lowest BCUT2D eigenvalue weighted by Crippen LogP contribution is -2.20. The van der Waals surface area contributed by atoms with Crippen molar-refractivity contribution in [3.05, 3.63) is 59.7 Å². The maximum atomic E-state index is 12.1. The van der Waals surface area contributed by atoms with Crippen LogP contribution in [0.15, 0.2) is 58.8 Å². The van der Waals surface area contributed by atoms with Gasteiger partial charge >= 0.3 is 0 Å². The van der Waals surface area contributed by atoms with Crippen LogP contribution in [0.4, 0.5) is 0 Å². The summed E-state index contributed by atoms with van der Waals surface area (Å²) >= 11 is 1.33. The van der Waals surface area contributed by atoms with Gasteiger partial charge in [0.15, 0.2) is 11.0 Å². The van der Waals surface area contributed by atoms with Gasteiger partial charge in [-0.2, -0.15) is 5.10 Å². The minimum absolute atomic E-state index is 0.199. The molecule has 1 N–H and O–H groups in total. The molecule has 0 saturated heterocycles. The highest BCUT2D eigenvalue weighted by Gasteiger charge is 2.14. The monoisotopic (exact) mass is 409 g/mol. The van der Waals surface area contributed by atoms with Crippen molar-refractivity contribution >= 4 is 23.9 Å². The molecular formula is C21H23N5O2S. The van der Waals surface area contributed by atoms with Gasteiger partial charge in [-0.05, 0) is 43.7 Å². The number of nitrogens with zero attached hydrogens (tertiary/aromatic N) is 4. The van der Waals surface area contributed by atoms with E-state index in [0.717, 1.165) is 28.3 Å². The summed E-state index contributed by atoms with van der Waals surface area (Å²) in [5.41, 5.74) is 5.57. The van der Waals surface area contributed by atoms with Crippen LogP contribution < -0.4 is 10.2 Å². The van der Waals surface area contributed by atoms with Crippen molar-refractivity contribution in [1.82, 2.24) is 20.2 Å². The van der Waals surface area contributed by atoms with Crippen LogP contribution in [0.1, 0.15) is 18.1 Å². The van der Waals surface area contributed by atoms with E-state index in [2.05, 4.69) is 20.7 Å². The Morgan fingerprint density at radius 3 is 2.72 bits per heavy atom. The first-order valence-corrected chi connectivity index (χ1v) is 10.2. The van der Waals surface area contributed by atoms with E-state index >= 15 is 0 Å². The van der Waals surface area contributed by atoms with Gasteiger partial charge in [-0.1, -0.05) is 41.6 Å². The zero-order chi connectivity index (χ0) is 20.6. The van der Waals surface area contributed by atoms with Crippen LogP contribution in [0.5, 0.6) is 5.75 Å². The summed E-state index contributed by atoms with van der Waals surface area (Å²) in [5, 5.41) is 13.2. The first-order valence-electron chi connectivity index (χ1n) is 9.19. The molecule has 0 spiro atoms. The number of carbonyl (C=O) groups is 1. The molecule has 2 aromatic carbocycles. The molecule has 0 aliphatic carbocycles. The summed E-state index contributed by atoms with van der Waals surface area (Å²) in [6.07, 6.45) is 1.63. The van der Waals surface area contributed by atoms with Gasteiger partial charge in [0, 0.05) is 12.1 Å². The number of thioether (sulfide) groups is 1. The predicted octanol–water partition coefficient (Wildman–Crippen LogP) is 3.52. The molecule has 0 atom stereocenters. The van der Waals surface area contributed by atoms with Crippen LogP contribution in [0.3, 0.4) is 0 Å². The Hall–Kier alpha value is -3.13. The van der Waals surface area contributed by atoms with E-state index in [0.29, 0.717) is 11.7 Å². The van der Waals surface area contributed by atoms with Gasteiger partial charge in [-0.3, -0.25) is 4.79 Å². The van der Waals surface area contributed by atoms with Crippen LogP contribution >= 0.6 is 11.8 Å². The van der Waals surface area contributed by atoms with E-state index in [4.69, 9.17) is 4.74 Å². The number of nitrogens with one attached hydrogen (secondary N) is 1. The molecule has 0 fully saturated rings. The van der Waals surface area contributed by atoms with E-state index in [1.165, 1.54) is 11.8 Å². The summed E-state index contributed by atoms with van der Waals surface area (Å²) in [4.78, 5) is 12.1. The summed E-state index contributed by atoms with van der Waals surface area (Å²) in [6.45, 7) is 4.73. The van der Waals surface area contributed by atoms with Gasteiger partial charge in [0.2, 0.25) is 0 Å². The molecule has 8 heteroatoms. The largest absolute Gasteiger partial charge is 0.497 e. The number of benzene rings is 2. The van der Waals surface area contributed by atoms with E-state index in [-0.39, 0.29) is 11.7 Å². The molecule has 1 heterocycles. The second-order valence-corrected chi connectivity index (χ2v) is 7.22. The number of hydrogen-bond donors (Lipinski definition) is 1. The number of ether oxygens (including phenoxy) is 1. The summed E-state index contributed by atoms with van der Waals surface area (Å²) < 4.78 is 7.18. The van der Waals surface area contributed by atoms with E-state index < -0.39 is 0 Å². The van der Waals surface area contributed by atoms with Crippen LogP contribution in [-0.4, -0.2) is 39.7 Å². The second-order valence-electron chi connectivity index (χ2n) is 6.27. The quantitative estimate of drug-likeness (QED) is 0.350. The molecule has 1 aromatic heterocycles. The zero-order valence-corrected chi connectivity index (χ0v) is 17.4. The minimum atomic E-state index is -0.199. The first-order chi connectivity index (χ1) is 14.1. The molecule has 7 nitrogen and oxygen atoms in total. The molecule has 0 aliphatic heterocycles. The molecule has 29 heavy (non-hydrogen) atoms. The third-order valence-corrected chi connectivity index (χ3v) is 5.13. The van der Waals surface area contributed by atoms with Crippen LogP contribution in [0.25, 0.3) is 11.4 Å². The number of rotatable bonds is 8. The standard InChI is InChI=1S/C21H23N5O2S/c1-4-26-20(17-8-10-18(28-3)11-9-17)24-25-21(26)29-14-19(27)23-22-13-16-7-5-6-15(2)12-16/h5-13H,4,14H2,1-3H3,(H,23,27)/b22-13-. The number of aromatic nitrogens is 3. The van der Waals surface area contributed by atoms with E-state index in [1.54, 1.807) is 13.3 Å². The molecule has 0 radical (unpaired) electrons. The molecule has 150 valence electrons. The molecule has 0 bridgehead atoms. The van der Waals surface area contributed by atoms with E-state index in [9.17, 15) is 4.79 Å². The lowest BCUT2D eigenvalue weighted by atomic mass is 10.2. The smallest absolute Gasteiger partial charge is 0.250 e. The maximum Gasteiger partial charge on any atom is 0.250 e. The number of carbonyl (C=O) groups excluding carboxylic acids is 1. The zero-order valence-electron chi connectivity index (χ0n) is 16.6. The molecule has 0 aliphatic rings. The third-order valence-electron chi connectivity index (χ3n) is 4.16. The van der Waals surface area contributed by atoms with Gasteiger partial charge in [-0.15, -0.1) is 10.2 Å². The highest BCUT2D eigenvalue weighted by Crippen LogP contribution is 2.25. The highest BCUT2D eigenvalue weighted by atomic mass is 32.2. The lowest BCUT2D eigenvalue weighted by Gasteiger charge is -2.07. The number of hydrogen-bond acceptors (Lipinski definition) is 6. The summed E-state index contributed by atoms with van der Waals surface area (Å²) in [7, 11) is 1.63. The summed E-state index contributed by atoms with van der Waals surface area (Å²) in [6, 6.07) is 15.5. The Kier molecular flexibility index (Phi) is 7.02. The maximum absolute atomic E-state index is 12.1. The SMILES string of the molecule is CCn1c(SCC(=O)N/N=C\c2cccc(C)c2)nnc1-c1ccc(OC)cc1. The fourth-order valence-corrected chi connectivity index (χ4v) is 3.52. The van der Waals surface area contributed by atoms with Crippen molar-refractivity contribution in [3.63, 3.8) is 0 Å². The van der Waals surface area contributed by atoms with Crippen molar-refractivity contribution in [2.75, 3.05) is 12.9 Å². The van der Waals surface area contributed by atoms with Crippen molar-refractivity contribution < 1.29 is 9.53 Å². The van der Waals surface area contributed by atoms with Crippen LogP contribution in [0.2, 0.25) is 0 Å². The number of amides is 1. The number of aryl methyl sites for hydroxylation is 1. The van der Waals surface area contributed by atoms with Gasteiger partial charge in [0.25, 0.3) is 5.91 Å².